The molecular formula is C19H18N4O4S. The summed E-state index contributed by atoms with van der Waals surface area (Å²) < 4.78 is 38.5. The van der Waals surface area contributed by atoms with Crippen LogP contribution in [0.1, 0.15) is 5.69 Å². The highest BCUT2D eigenvalue weighted by molar-refractivity contribution is 7.92. The molecule has 0 spiro atoms. The highest BCUT2D eigenvalue weighted by Crippen LogP contribution is 2.32. The number of benzene rings is 1. The van der Waals surface area contributed by atoms with Gasteiger partial charge in [-0.2, -0.15) is 0 Å². The maximum absolute atomic E-state index is 12.6. The van der Waals surface area contributed by atoms with E-state index >= 15 is 0 Å². The summed E-state index contributed by atoms with van der Waals surface area (Å²) in [6.45, 7) is 1.38. The minimum atomic E-state index is -3.79. The molecule has 9 heteroatoms. The van der Waals surface area contributed by atoms with Crippen molar-refractivity contribution in [1.29, 1.82) is 0 Å². The van der Waals surface area contributed by atoms with Crippen LogP contribution in [0.15, 0.2) is 65.8 Å². The summed E-state index contributed by atoms with van der Waals surface area (Å²) in [6, 6.07) is 13.5. The monoisotopic (exact) mass is 398 g/mol. The van der Waals surface area contributed by atoms with Crippen LogP contribution in [0.25, 0.3) is 0 Å². The van der Waals surface area contributed by atoms with E-state index in [4.69, 9.17) is 9.47 Å². The lowest BCUT2D eigenvalue weighted by Crippen LogP contribution is -2.17. The molecular weight excluding hydrogens is 380 g/mol. The van der Waals surface area contributed by atoms with E-state index in [-0.39, 0.29) is 10.7 Å². The Labute approximate surface area is 162 Å². The Morgan fingerprint density at radius 3 is 2.57 bits per heavy atom. The third-order valence-corrected chi connectivity index (χ3v) is 5.38. The van der Waals surface area contributed by atoms with Crippen LogP contribution in [-0.4, -0.2) is 31.6 Å². The number of nitrogens with one attached hydrogen (secondary N) is 2. The number of rotatable bonds is 6. The number of sulfonamides is 1. The molecule has 1 aliphatic heterocycles. The second kappa shape index (κ2) is 7.73. The van der Waals surface area contributed by atoms with Crippen LogP contribution < -0.4 is 19.5 Å². The van der Waals surface area contributed by atoms with Crippen LogP contribution in [0.5, 0.6) is 11.5 Å². The minimum absolute atomic E-state index is 0.0795. The highest BCUT2D eigenvalue weighted by Gasteiger charge is 2.19. The Morgan fingerprint density at radius 1 is 0.964 bits per heavy atom. The van der Waals surface area contributed by atoms with Gasteiger partial charge < -0.3 is 14.8 Å². The van der Waals surface area contributed by atoms with Gasteiger partial charge in [-0.05, 0) is 36.4 Å². The molecule has 0 amide bonds. The van der Waals surface area contributed by atoms with Gasteiger partial charge in [0.2, 0.25) is 0 Å². The number of fused-ring (bicyclic) bond motifs is 1. The van der Waals surface area contributed by atoms with Crippen molar-refractivity contribution in [1.82, 2.24) is 9.97 Å². The van der Waals surface area contributed by atoms with Gasteiger partial charge in [0.05, 0.1) is 29.0 Å². The van der Waals surface area contributed by atoms with Crippen LogP contribution >= 0.6 is 0 Å². The van der Waals surface area contributed by atoms with Crippen LogP contribution in [0.4, 0.5) is 11.5 Å². The van der Waals surface area contributed by atoms with Crippen molar-refractivity contribution in [3.63, 3.8) is 0 Å². The molecule has 0 radical (unpaired) electrons. The van der Waals surface area contributed by atoms with Gasteiger partial charge >= 0.3 is 0 Å². The van der Waals surface area contributed by atoms with Gasteiger partial charge in [-0.3, -0.25) is 9.71 Å². The van der Waals surface area contributed by atoms with Gasteiger partial charge in [-0.25, -0.2) is 13.4 Å². The highest BCUT2D eigenvalue weighted by atomic mass is 32.2. The zero-order valence-corrected chi connectivity index (χ0v) is 15.6. The summed E-state index contributed by atoms with van der Waals surface area (Å²) in [7, 11) is -3.79. The topological polar surface area (TPSA) is 102 Å². The summed E-state index contributed by atoms with van der Waals surface area (Å²) in [4.78, 5) is 8.47. The first kappa shape index (κ1) is 18.1. The molecule has 1 aromatic carbocycles. The number of hydrogen-bond acceptors (Lipinski definition) is 7. The van der Waals surface area contributed by atoms with Crippen LogP contribution in [0.3, 0.4) is 0 Å². The van der Waals surface area contributed by atoms with Gasteiger partial charge in [0, 0.05) is 12.3 Å². The van der Waals surface area contributed by atoms with E-state index in [1.165, 1.54) is 12.1 Å². The predicted molar refractivity (Wildman–Crippen MR) is 104 cm³/mol. The van der Waals surface area contributed by atoms with E-state index in [1.807, 2.05) is 18.2 Å². The number of ether oxygens (including phenoxy) is 2. The maximum atomic E-state index is 12.6. The van der Waals surface area contributed by atoms with E-state index in [0.29, 0.717) is 31.3 Å². The summed E-state index contributed by atoms with van der Waals surface area (Å²) in [5, 5.41) is 3.18. The van der Waals surface area contributed by atoms with Crippen molar-refractivity contribution in [2.75, 3.05) is 23.3 Å². The first-order valence-corrected chi connectivity index (χ1v) is 10.1. The zero-order valence-electron chi connectivity index (χ0n) is 14.8. The molecule has 3 aromatic rings. The molecule has 4 rings (SSSR count). The smallest absolute Gasteiger partial charge is 0.263 e. The Balaban J connectivity index is 1.43. The lowest BCUT2D eigenvalue weighted by Gasteiger charge is -2.19. The van der Waals surface area contributed by atoms with Crippen molar-refractivity contribution in [2.24, 2.45) is 0 Å². The largest absolute Gasteiger partial charge is 0.486 e. The summed E-state index contributed by atoms with van der Waals surface area (Å²) in [5.41, 5.74) is 1.65. The van der Waals surface area contributed by atoms with Gasteiger partial charge in [0.15, 0.2) is 11.5 Å². The SMILES string of the molecule is O=S(=O)(Nc1ccc(NCc2ccccn2)cn1)c1ccc2c(c1)OCCO2. The fourth-order valence-corrected chi connectivity index (χ4v) is 3.66. The average Bonchev–Trinajstić information content (AvgIpc) is 2.73. The van der Waals surface area contributed by atoms with Crippen molar-refractivity contribution in [3.8, 4) is 11.5 Å². The first-order chi connectivity index (χ1) is 13.6. The number of hydrogen-bond donors (Lipinski definition) is 2. The Bertz CT molecular complexity index is 1060. The fourth-order valence-electron chi connectivity index (χ4n) is 2.64. The zero-order chi connectivity index (χ0) is 19.4. The van der Waals surface area contributed by atoms with Gasteiger partial charge in [0.1, 0.15) is 19.0 Å². The number of nitrogens with zero attached hydrogens (tertiary/aromatic N) is 2. The van der Waals surface area contributed by atoms with Crippen LogP contribution in [0, 0.1) is 0 Å². The van der Waals surface area contributed by atoms with Gasteiger partial charge in [-0.1, -0.05) is 6.07 Å². The Morgan fingerprint density at radius 2 is 1.82 bits per heavy atom. The van der Waals surface area contributed by atoms with Crippen molar-refractivity contribution in [3.05, 3.63) is 66.6 Å². The third kappa shape index (κ3) is 4.15. The molecule has 2 N–H and O–H groups in total. The maximum Gasteiger partial charge on any atom is 0.263 e. The minimum Gasteiger partial charge on any atom is -0.486 e. The standard InChI is InChI=1S/C19H18N4O4S/c24-28(25,16-5-6-17-18(11-16)27-10-9-26-17)23-19-7-4-15(13-22-19)21-12-14-3-1-2-8-20-14/h1-8,11,13,21H,9-10,12H2,(H,22,23). The number of pyridine rings is 2. The lowest BCUT2D eigenvalue weighted by molar-refractivity contribution is 0.171. The molecule has 28 heavy (non-hydrogen) atoms. The molecule has 3 heterocycles. The molecule has 2 aromatic heterocycles. The van der Waals surface area contributed by atoms with E-state index in [1.54, 1.807) is 30.6 Å². The molecule has 0 unspecified atom stereocenters. The quantitative estimate of drug-likeness (QED) is 0.658. The number of anilines is 2. The third-order valence-electron chi connectivity index (χ3n) is 4.03. The van der Waals surface area contributed by atoms with Crippen LogP contribution in [0.2, 0.25) is 0 Å². The first-order valence-electron chi connectivity index (χ1n) is 8.62. The molecule has 1 aliphatic rings. The fraction of sp³-hybridized carbons (Fsp3) is 0.158. The second-order valence-corrected chi connectivity index (χ2v) is 7.70. The normalized spacial score (nSPS) is 13.0. The van der Waals surface area contributed by atoms with E-state index in [0.717, 1.165) is 11.4 Å². The summed E-state index contributed by atoms with van der Waals surface area (Å²) in [6.07, 6.45) is 3.29. The van der Waals surface area contributed by atoms with Gasteiger partial charge in [-0.15, -0.1) is 0 Å². The molecule has 0 atom stereocenters. The molecule has 0 saturated heterocycles. The Hall–Kier alpha value is -3.33. The van der Waals surface area contributed by atoms with Gasteiger partial charge in [0.25, 0.3) is 10.0 Å². The predicted octanol–water partition coefficient (Wildman–Crippen LogP) is 2.66. The van der Waals surface area contributed by atoms with Crippen LogP contribution in [-0.2, 0) is 16.6 Å². The number of aromatic nitrogens is 2. The van der Waals surface area contributed by atoms with E-state index < -0.39 is 10.0 Å². The molecule has 0 fully saturated rings. The summed E-state index contributed by atoms with van der Waals surface area (Å²) >= 11 is 0. The Kier molecular flexibility index (Phi) is 4.98. The average molecular weight is 398 g/mol. The van der Waals surface area contributed by atoms with Crippen molar-refractivity contribution < 1.29 is 17.9 Å². The van der Waals surface area contributed by atoms with Crippen molar-refractivity contribution in [2.45, 2.75) is 11.4 Å². The molecule has 8 nitrogen and oxygen atoms in total. The van der Waals surface area contributed by atoms with E-state index in [9.17, 15) is 8.42 Å². The molecule has 0 aliphatic carbocycles. The second-order valence-electron chi connectivity index (χ2n) is 6.02. The molecule has 0 saturated carbocycles. The molecule has 0 bridgehead atoms. The summed E-state index contributed by atoms with van der Waals surface area (Å²) in [5.74, 6) is 1.17. The lowest BCUT2D eigenvalue weighted by atomic mass is 10.3. The van der Waals surface area contributed by atoms with Crippen molar-refractivity contribution >= 4 is 21.5 Å². The molecule has 144 valence electrons. The van der Waals surface area contributed by atoms with E-state index in [2.05, 4.69) is 20.0 Å².